The Morgan fingerprint density at radius 3 is 2.30 bits per heavy atom. The number of halogens is 3. The number of hydrogen-bond donors (Lipinski definition) is 2. The highest BCUT2D eigenvalue weighted by Crippen LogP contribution is 2.31. The SMILES string of the molecule is CCCCOC(=O)c1ccc(NC(NC(C)=O)C(Cl)(Cl)Cl)cc1. The summed E-state index contributed by atoms with van der Waals surface area (Å²) in [5, 5.41) is 5.39. The molecule has 0 saturated carbocycles. The van der Waals surface area contributed by atoms with Crippen molar-refractivity contribution in [3.8, 4) is 0 Å². The quantitative estimate of drug-likeness (QED) is 0.325. The number of carbonyl (C=O) groups is 2. The summed E-state index contributed by atoms with van der Waals surface area (Å²) in [5.41, 5.74) is 1.01. The van der Waals surface area contributed by atoms with Crippen molar-refractivity contribution >= 4 is 52.4 Å². The van der Waals surface area contributed by atoms with Crippen LogP contribution in [0.5, 0.6) is 0 Å². The Bertz CT molecular complexity index is 530. The van der Waals surface area contributed by atoms with E-state index in [1.807, 2.05) is 6.92 Å². The molecule has 0 aliphatic carbocycles. The maximum Gasteiger partial charge on any atom is 0.338 e. The van der Waals surface area contributed by atoms with Gasteiger partial charge in [0.1, 0.15) is 6.17 Å². The van der Waals surface area contributed by atoms with E-state index in [1.165, 1.54) is 6.92 Å². The number of alkyl halides is 3. The van der Waals surface area contributed by atoms with Gasteiger partial charge < -0.3 is 15.4 Å². The van der Waals surface area contributed by atoms with E-state index in [4.69, 9.17) is 39.5 Å². The van der Waals surface area contributed by atoms with Gasteiger partial charge >= 0.3 is 5.97 Å². The van der Waals surface area contributed by atoms with Crippen LogP contribution in [-0.4, -0.2) is 28.4 Å². The maximum atomic E-state index is 11.8. The average Bonchev–Trinajstić information content (AvgIpc) is 2.46. The lowest BCUT2D eigenvalue weighted by molar-refractivity contribution is -0.119. The first kappa shape index (κ1) is 19.9. The molecule has 0 saturated heterocycles. The van der Waals surface area contributed by atoms with Crippen LogP contribution in [-0.2, 0) is 9.53 Å². The van der Waals surface area contributed by atoms with Crippen LogP contribution in [0.1, 0.15) is 37.0 Å². The molecule has 0 aliphatic rings. The molecule has 1 unspecified atom stereocenters. The van der Waals surface area contributed by atoms with E-state index >= 15 is 0 Å². The number of ether oxygens (including phenoxy) is 1. The summed E-state index contributed by atoms with van der Waals surface area (Å²) < 4.78 is 3.38. The lowest BCUT2D eigenvalue weighted by atomic mass is 10.2. The second kappa shape index (κ2) is 9.21. The lowest BCUT2D eigenvalue weighted by Gasteiger charge is -2.26. The molecular formula is C15H19Cl3N2O3. The Morgan fingerprint density at radius 1 is 1.22 bits per heavy atom. The van der Waals surface area contributed by atoms with E-state index in [0.717, 1.165) is 12.8 Å². The molecule has 23 heavy (non-hydrogen) atoms. The van der Waals surface area contributed by atoms with Crippen LogP contribution in [0.15, 0.2) is 24.3 Å². The molecule has 1 atom stereocenters. The van der Waals surface area contributed by atoms with Gasteiger partial charge in [0.15, 0.2) is 0 Å². The fourth-order valence-electron chi connectivity index (χ4n) is 1.66. The van der Waals surface area contributed by atoms with E-state index in [-0.39, 0.29) is 11.9 Å². The summed E-state index contributed by atoms with van der Waals surface area (Å²) >= 11 is 17.5. The Morgan fingerprint density at radius 2 is 1.83 bits per heavy atom. The minimum atomic E-state index is -1.73. The van der Waals surface area contributed by atoms with E-state index in [0.29, 0.717) is 17.9 Å². The molecular weight excluding hydrogens is 363 g/mol. The third-order valence-electron chi connectivity index (χ3n) is 2.84. The first-order valence-electron chi connectivity index (χ1n) is 7.11. The number of rotatable bonds is 7. The van der Waals surface area contributed by atoms with Gasteiger partial charge in [-0.15, -0.1) is 0 Å². The number of unbranched alkanes of at least 4 members (excludes halogenated alkanes) is 1. The summed E-state index contributed by atoms with van der Waals surface area (Å²) in [7, 11) is 0. The van der Waals surface area contributed by atoms with Gasteiger partial charge in [-0.25, -0.2) is 4.79 Å². The van der Waals surface area contributed by atoms with Gasteiger partial charge in [-0.2, -0.15) is 0 Å². The molecule has 0 aromatic heterocycles. The normalized spacial score (nSPS) is 12.4. The summed E-state index contributed by atoms with van der Waals surface area (Å²) in [5.74, 6) is -0.727. The predicted octanol–water partition coefficient (Wildman–Crippen LogP) is 3.89. The molecule has 0 aliphatic heterocycles. The van der Waals surface area contributed by atoms with Crippen LogP contribution < -0.4 is 10.6 Å². The molecule has 1 aromatic carbocycles. The number of carbonyl (C=O) groups excluding carboxylic acids is 2. The molecule has 5 nitrogen and oxygen atoms in total. The van der Waals surface area contributed by atoms with Gasteiger partial charge in [0.05, 0.1) is 12.2 Å². The van der Waals surface area contributed by atoms with Gasteiger partial charge in [-0.05, 0) is 30.7 Å². The Hall–Kier alpha value is -1.17. The Kier molecular flexibility index (Phi) is 7.95. The van der Waals surface area contributed by atoms with E-state index in [1.54, 1.807) is 24.3 Å². The highest BCUT2D eigenvalue weighted by Gasteiger charge is 2.33. The summed E-state index contributed by atoms with van der Waals surface area (Å²) in [4.78, 5) is 23.0. The molecule has 0 bridgehead atoms. The van der Waals surface area contributed by atoms with Crippen LogP contribution in [0.2, 0.25) is 0 Å². The van der Waals surface area contributed by atoms with Crippen molar-refractivity contribution in [1.82, 2.24) is 5.32 Å². The Balaban J connectivity index is 2.71. The second-order valence-electron chi connectivity index (χ2n) is 4.89. The van der Waals surface area contributed by atoms with Crippen molar-refractivity contribution in [2.24, 2.45) is 0 Å². The first-order chi connectivity index (χ1) is 10.7. The van der Waals surface area contributed by atoms with Gasteiger partial charge in [0.25, 0.3) is 0 Å². The summed E-state index contributed by atoms with van der Waals surface area (Å²) in [6, 6.07) is 6.48. The molecule has 1 rings (SSSR count). The van der Waals surface area contributed by atoms with Crippen LogP contribution >= 0.6 is 34.8 Å². The molecule has 2 N–H and O–H groups in total. The number of nitrogens with one attached hydrogen (secondary N) is 2. The zero-order chi connectivity index (χ0) is 17.5. The molecule has 8 heteroatoms. The molecule has 1 aromatic rings. The highest BCUT2D eigenvalue weighted by molar-refractivity contribution is 6.68. The zero-order valence-electron chi connectivity index (χ0n) is 12.9. The maximum absolute atomic E-state index is 11.8. The molecule has 0 spiro atoms. The van der Waals surface area contributed by atoms with Crippen molar-refractivity contribution in [2.75, 3.05) is 11.9 Å². The fraction of sp³-hybridized carbons (Fsp3) is 0.467. The van der Waals surface area contributed by atoms with Crippen LogP contribution in [0, 0.1) is 0 Å². The van der Waals surface area contributed by atoms with Gasteiger partial charge in [0, 0.05) is 12.6 Å². The van der Waals surface area contributed by atoms with Gasteiger partial charge in [-0.1, -0.05) is 48.1 Å². The Labute approximate surface area is 150 Å². The van der Waals surface area contributed by atoms with Crippen LogP contribution in [0.4, 0.5) is 5.69 Å². The molecule has 0 fully saturated rings. The van der Waals surface area contributed by atoms with Gasteiger partial charge in [0.2, 0.25) is 9.70 Å². The summed E-state index contributed by atoms with van der Waals surface area (Å²) in [6.45, 7) is 3.73. The van der Waals surface area contributed by atoms with Crippen molar-refractivity contribution in [3.63, 3.8) is 0 Å². The third-order valence-corrected chi connectivity index (χ3v) is 3.49. The van der Waals surface area contributed by atoms with Crippen molar-refractivity contribution in [2.45, 2.75) is 36.6 Å². The lowest BCUT2D eigenvalue weighted by Crippen LogP contribution is -2.48. The van der Waals surface area contributed by atoms with E-state index in [2.05, 4.69) is 10.6 Å². The third kappa shape index (κ3) is 7.29. The zero-order valence-corrected chi connectivity index (χ0v) is 15.1. The summed E-state index contributed by atoms with van der Waals surface area (Å²) in [6.07, 6.45) is 0.873. The number of amides is 1. The first-order valence-corrected chi connectivity index (χ1v) is 8.25. The molecule has 0 radical (unpaired) electrons. The molecule has 0 heterocycles. The molecule has 1 amide bonds. The van der Waals surface area contributed by atoms with Gasteiger partial charge in [-0.3, -0.25) is 4.79 Å². The number of benzene rings is 1. The standard InChI is InChI=1S/C15H19Cl3N2O3/c1-3-4-9-23-13(22)11-5-7-12(8-6-11)20-14(15(16,17)18)19-10(2)21/h5-8,14,20H,3-4,9H2,1-2H3,(H,19,21). The average molecular weight is 382 g/mol. The minimum absolute atomic E-state index is 0.343. The van der Waals surface area contributed by atoms with Crippen LogP contribution in [0.3, 0.4) is 0 Å². The van der Waals surface area contributed by atoms with Crippen LogP contribution in [0.25, 0.3) is 0 Å². The number of anilines is 1. The number of hydrogen-bond acceptors (Lipinski definition) is 4. The highest BCUT2D eigenvalue weighted by atomic mass is 35.6. The van der Waals surface area contributed by atoms with Crippen molar-refractivity contribution in [1.29, 1.82) is 0 Å². The smallest absolute Gasteiger partial charge is 0.338 e. The molecule has 128 valence electrons. The second-order valence-corrected chi connectivity index (χ2v) is 7.26. The topological polar surface area (TPSA) is 67.4 Å². The largest absolute Gasteiger partial charge is 0.462 e. The predicted molar refractivity (Wildman–Crippen MR) is 93.1 cm³/mol. The van der Waals surface area contributed by atoms with E-state index < -0.39 is 9.96 Å². The fourth-order valence-corrected chi connectivity index (χ4v) is 1.99. The van der Waals surface area contributed by atoms with Crippen molar-refractivity contribution < 1.29 is 14.3 Å². The number of esters is 1. The monoisotopic (exact) mass is 380 g/mol. The van der Waals surface area contributed by atoms with Crippen molar-refractivity contribution in [3.05, 3.63) is 29.8 Å². The van der Waals surface area contributed by atoms with E-state index in [9.17, 15) is 9.59 Å². The minimum Gasteiger partial charge on any atom is -0.462 e.